The highest BCUT2D eigenvalue weighted by molar-refractivity contribution is 5.89. The van der Waals surface area contributed by atoms with E-state index in [4.69, 9.17) is 10.8 Å². The lowest BCUT2D eigenvalue weighted by Crippen LogP contribution is -2.52. The Morgan fingerprint density at radius 2 is 1.83 bits per heavy atom. The summed E-state index contributed by atoms with van der Waals surface area (Å²) in [5.41, 5.74) is 4.89. The Hall–Kier alpha value is -2.32. The highest BCUT2D eigenvalue weighted by atomic mass is 16.4. The van der Waals surface area contributed by atoms with Crippen molar-refractivity contribution in [3.63, 3.8) is 0 Å². The van der Waals surface area contributed by atoms with Crippen molar-refractivity contribution in [2.45, 2.75) is 13.0 Å². The van der Waals surface area contributed by atoms with Gasteiger partial charge in [-0.3, -0.25) is 14.4 Å². The predicted octanol–water partition coefficient (Wildman–Crippen LogP) is -2.30. The number of carboxylic acid groups (broad SMARTS) is 1. The molecule has 0 aromatic heterocycles. The van der Waals surface area contributed by atoms with Gasteiger partial charge in [0.15, 0.2) is 0 Å². The molecule has 1 atom stereocenters. The summed E-state index contributed by atoms with van der Waals surface area (Å²) < 4.78 is 0. The lowest BCUT2D eigenvalue weighted by atomic mass is 10.3. The fraction of sp³-hybridized carbons (Fsp3) is 0.556. The number of likely N-dealkylation sites (N-methyl/N-ethyl adjacent to an activating group) is 1. The Labute approximate surface area is 103 Å². The minimum absolute atomic E-state index is 0.447. The highest BCUT2D eigenvalue weighted by Gasteiger charge is 2.22. The molecule has 18 heavy (non-hydrogen) atoms. The summed E-state index contributed by atoms with van der Waals surface area (Å²) in [6.45, 7) is 0.188. The lowest BCUT2D eigenvalue weighted by Gasteiger charge is -2.21. The molecular formula is C9H16N4O5. The minimum atomic E-state index is -1.29. The van der Waals surface area contributed by atoms with Crippen molar-refractivity contribution >= 4 is 23.8 Å². The summed E-state index contributed by atoms with van der Waals surface area (Å²) in [4.78, 5) is 44.7. The van der Waals surface area contributed by atoms with Crippen molar-refractivity contribution in [2.24, 2.45) is 5.73 Å². The highest BCUT2D eigenvalue weighted by Crippen LogP contribution is 1.92. The van der Waals surface area contributed by atoms with E-state index in [1.54, 1.807) is 0 Å². The summed E-state index contributed by atoms with van der Waals surface area (Å²) in [6, 6.07) is -1.71. The number of amides is 4. The molecule has 0 spiro atoms. The van der Waals surface area contributed by atoms with Crippen LogP contribution in [-0.2, 0) is 14.4 Å². The summed E-state index contributed by atoms with van der Waals surface area (Å²) in [7, 11) is 1.39. The molecule has 5 N–H and O–H groups in total. The Morgan fingerprint density at radius 3 is 2.22 bits per heavy atom. The molecule has 0 fully saturated rings. The van der Waals surface area contributed by atoms with Crippen LogP contribution in [0.1, 0.15) is 6.92 Å². The van der Waals surface area contributed by atoms with Gasteiger partial charge in [0, 0.05) is 7.05 Å². The van der Waals surface area contributed by atoms with Gasteiger partial charge >= 0.3 is 12.0 Å². The normalized spacial score (nSPS) is 11.2. The number of rotatable bonds is 6. The number of carboxylic acids is 1. The molecule has 4 amide bonds. The molecule has 0 heterocycles. The third-order valence-corrected chi connectivity index (χ3v) is 1.94. The van der Waals surface area contributed by atoms with Gasteiger partial charge in [-0.1, -0.05) is 0 Å². The molecule has 0 aromatic rings. The zero-order chi connectivity index (χ0) is 14.3. The van der Waals surface area contributed by atoms with Crippen LogP contribution in [0.15, 0.2) is 0 Å². The maximum Gasteiger partial charge on any atom is 0.323 e. The van der Waals surface area contributed by atoms with Gasteiger partial charge in [0.1, 0.15) is 19.1 Å². The zero-order valence-electron chi connectivity index (χ0n) is 10.1. The van der Waals surface area contributed by atoms with Crippen molar-refractivity contribution in [2.75, 3.05) is 20.1 Å². The fourth-order valence-corrected chi connectivity index (χ4v) is 1.11. The Balaban J connectivity index is 4.59. The van der Waals surface area contributed by atoms with Crippen LogP contribution in [0.25, 0.3) is 0 Å². The molecule has 9 nitrogen and oxygen atoms in total. The average molecular weight is 260 g/mol. The molecule has 0 rings (SSSR count). The van der Waals surface area contributed by atoms with Crippen LogP contribution < -0.4 is 16.4 Å². The minimum Gasteiger partial charge on any atom is -0.480 e. The molecule has 0 aliphatic rings. The van der Waals surface area contributed by atoms with E-state index in [1.807, 2.05) is 0 Å². The van der Waals surface area contributed by atoms with Gasteiger partial charge in [0.05, 0.1) is 0 Å². The number of nitrogens with zero attached hydrogens (tertiary/aromatic N) is 1. The summed E-state index contributed by atoms with van der Waals surface area (Å²) in [5.74, 6) is -2.59. The quantitative estimate of drug-likeness (QED) is 0.425. The number of nitrogens with one attached hydrogen (secondary N) is 2. The topological polar surface area (TPSA) is 142 Å². The molecule has 0 saturated heterocycles. The van der Waals surface area contributed by atoms with Crippen LogP contribution in [0.5, 0.6) is 0 Å². The van der Waals surface area contributed by atoms with Gasteiger partial charge in [-0.05, 0) is 6.92 Å². The van der Waals surface area contributed by atoms with E-state index >= 15 is 0 Å². The van der Waals surface area contributed by atoms with Crippen LogP contribution in [0.2, 0.25) is 0 Å². The number of carbonyl (C=O) groups is 4. The van der Waals surface area contributed by atoms with E-state index in [0.717, 1.165) is 0 Å². The largest absolute Gasteiger partial charge is 0.480 e. The van der Waals surface area contributed by atoms with Gasteiger partial charge in [0.25, 0.3) is 0 Å². The van der Waals surface area contributed by atoms with E-state index in [2.05, 4.69) is 10.6 Å². The first-order chi connectivity index (χ1) is 8.27. The molecular weight excluding hydrogens is 244 g/mol. The monoisotopic (exact) mass is 260 g/mol. The molecule has 0 aromatic carbocycles. The Bertz CT molecular complexity index is 341. The van der Waals surface area contributed by atoms with Gasteiger partial charge in [-0.25, -0.2) is 4.79 Å². The van der Waals surface area contributed by atoms with Crippen molar-refractivity contribution in [1.29, 1.82) is 0 Å². The fourth-order valence-electron chi connectivity index (χ4n) is 1.11. The first-order valence-corrected chi connectivity index (χ1v) is 5.05. The first kappa shape index (κ1) is 15.7. The van der Waals surface area contributed by atoms with Gasteiger partial charge in [0.2, 0.25) is 11.8 Å². The second kappa shape index (κ2) is 7.09. The van der Waals surface area contributed by atoms with Crippen LogP contribution in [0.3, 0.4) is 0 Å². The second-order valence-corrected chi connectivity index (χ2v) is 3.50. The van der Waals surface area contributed by atoms with Crippen molar-refractivity contribution < 1.29 is 24.3 Å². The number of nitrogens with two attached hydrogens (primary N) is 1. The van der Waals surface area contributed by atoms with Crippen molar-refractivity contribution in [3.8, 4) is 0 Å². The summed E-state index contributed by atoms with van der Waals surface area (Å²) >= 11 is 0. The summed E-state index contributed by atoms with van der Waals surface area (Å²) in [5, 5.41) is 13.1. The number of urea groups is 1. The Morgan fingerprint density at radius 1 is 1.28 bits per heavy atom. The molecule has 0 bridgehead atoms. The number of aliphatic carboxylic acids is 1. The number of hydrogen-bond donors (Lipinski definition) is 4. The van der Waals surface area contributed by atoms with Crippen molar-refractivity contribution in [1.82, 2.24) is 15.5 Å². The van der Waals surface area contributed by atoms with Crippen LogP contribution in [0.4, 0.5) is 4.79 Å². The van der Waals surface area contributed by atoms with Crippen LogP contribution >= 0.6 is 0 Å². The number of hydrogen-bond acceptors (Lipinski definition) is 4. The van der Waals surface area contributed by atoms with Crippen molar-refractivity contribution in [3.05, 3.63) is 0 Å². The van der Waals surface area contributed by atoms with Gasteiger partial charge in [-0.2, -0.15) is 0 Å². The third kappa shape index (κ3) is 5.68. The first-order valence-electron chi connectivity index (χ1n) is 5.05. The molecule has 102 valence electrons. The van der Waals surface area contributed by atoms with Crippen LogP contribution in [0, 0.1) is 0 Å². The van der Waals surface area contributed by atoms with Crippen LogP contribution in [-0.4, -0.2) is 60.0 Å². The molecule has 0 saturated carbocycles. The van der Waals surface area contributed by atoms with E-state index in [1.165, 1.54) is 14.0 Å². The number of primary amides is 1. The second-order valence-electron chi connectivity index (χ2n) is 3.50. The molecule has 0 aliphatic carbocycles. The van der Waals surface area contributed by atoms with E-state index in [9.17, 15) is 19.2 Å². The Kier molecular flexibility index (Phi) is 6.18. The third-order valence-electron chi connectivity index (χ3n) is 1.94. The molecule has 1 unspecified atom stereocenters. The zero-order valence-corrected chi connectivity index (χ0v) is 10.1. The van der Waals surface area contributed by atoms with Gasteiger partial charge < -0.3 is 26.4 Å². The SMILES string of the molecule is CNC(=O)C(C)NC(=O)N(CC(N)=O)CC(=O)O. The number of carbonyl (C=O) groups excluding carboxylic acids is 3. The lowest BCUT2D eigenvalue weighted by molar-refractivity contribution is -0.137. The van der Waals surface area contributed by atoms with E-state index in [-0.39, 0.29) is 0 Å². The molecule has 0 aliphatic heterocycles. The maximum atomic E-state index is 11.6. The van der Waals surface area contributed by atoms with E-state index < -0.39 is 42.9 Å². The summed E-state index contributed by atoms with van der Waals surface area (Å²) in [6.07, 6.45) is 0. The van der Waals surface area contributed by atoms with Gasteiger partial charge in [-0.15, -0.1) is 0 Å². The average Bonchev–Trinajstić information content (AvgIpc) is 2.25. The van der Waals surface area contributed by atoms with E-state index in [0.29, 0.717) is 4.90 Å². The molecule has 9 heteroatoms. The maximum absolute atomic E-state index is 11.6. The standard InChI is InChI=1S/C9H16N4O5/c1-5(8(17)11-2)12-9(18)13(3-6(10)14)4-7(15)16/h5H,3-4H2,1-2H3,(H2,10,14)(H,11,17)(H,12,18)(H,15,16). The molecule has 0 radical (unpaired) electrons. The smallest absolute Gasteiger partial charge is 0.323 e. The predicted molar refractivity (Wildman–Crippen MR) is 60.5 cm³/mol.